The molecule has 2 heterocycles. The van der Waals surface area contributed by atoms with Gasteiger partial charge in [0.25, 0.3) is 5.91 Å². The van der Waals surface area contributed by atoms with Gasteiger partial charge in [0.1, 0.15) is 13.2 Å². The van der Waals surface area contributed by atoms with E-state index in [2.05, 4.69) is 22.4 Å². The van der Waals surface area contributed by atoms with E-state index in [1.807, 2.05) is 48.5 Å². The lowest BCUT2D eigenvalue weighted by Gasteiger charge is -2.14. The van der Waals surface area contributed by atoms with Gasteiger partial charge in [0.05, 0.1) is 11.0 Å². The van der Waals surface area contributed by atoms with Crippen molar-refractivity contribution in [3.05, 3.63) is 98.6 Å². The van der Waals surface area contributed by atoms with Crippen LogP contribution in [-0.4, -0.2) is 26.6 Å². The predicted molar refractivity (Wildman–Crippen MR) is 139 cm³/mol. The second-order valence-corrected chi connectivity index (χ2v) is 9.18. The van der Waals surface area contributed by atoms with Crippen LogP contribution in [-0.2, 0) is 29.1 Å². The zero-order chi connectivity index (χ0) is 25.1. The van der Waals surface area contributed by atoms with Crippen LogP contribution in [0.3, 0.4) is 0 Å². The normalized spacial score (nSPS) is 11.0. The lowest BCUT2D eigenvalue weighted by atomic mass is 10.1. The summed E-state index contributed by atoms with van der Waals surface area (Å²) >= 11 is 1.06. The molecule has 2 aromatic heterocycles. The maximum atomic E-state index is 12.9. The van der Waals surface area contributed by atoms with E-state index in [9.17, 15) is 14.4 Å². The van der Waals surface area contributed by atoms with Crippen molar-refractivity contribution in [2.45, 2.75) is 26.5 Å². The average molecular weight is 499 g/mol. The molecule has 0 saturated carbocycles. The highest BCUT2D eigenvalue weighted by molar-refractivity contribution is 7.13. The van der Waals surface area contributed by atoms with Crippen molar-refractivity contribution in [1.29, 1.82) is 0 Å². The van der Waals surface area contributed by atoms with E-state index in [0.717, 1.165) is 17.8 Å². The summed E-state index contributed by atoms with van der Waals surface area (Å²) in [4.78, 5) is 38.1. The van der Waals surface area contributed by atoms with Gasteiger partial charge in [-0.25, -0.2) is 0 Å². The Morgan fingerprint density at radius 2 is 1.56 bits per heavy atom. The van der Waals surface area contributed by atoms with Gasteiger partial charge in [-0.2, -0.15) is 0 Å². The summed E-state index contributed by atoms with van der Waals surface area (Å²) in [5.41, 5.74) is 3.07. The molecule has 0 fully saturated rings. The third-order valence-corrected chi connectivity index (χ3v) is 6.70. The zero-order valence-corrected chi connectivity index (χ0v) is 20.2. The Kier molecular flexibility index (Phi) is 6.55. The summed E-state index contributed by atoms with van der Waals surface area (Å²) in [5, 5.41) is 12.4. The smallest absolute Gasteiger partial charge is 0.326 e. The second kappa shape index (κ2) is 10.1. The molecule has 3 aromatic carbocycles. The van der Waals surface area contributed by atoms with Gasteiger partial charge < -0.3 is 14.6 Å². The number of nitrogens with zero attached hydrogens (tertiary/aromatic N) is 3. The summed E-state index contributed by atoms with van der Waals surface area (Å²) in [6, 6.07) is 21.9. The van der Waals surface area contributed by atoms with Crippen LogP contribution in [0.5, 0.6) is 0 Å². The number of amides is 1. The highest BCUT2D eigenvalue weighted by Gasteiger charge is 2.16. The number of nitrogens with one attached hydrogen (secondary N) is 1. The minimum Gasteiger partial charge on any atom is -0.457 e. The molecule has 0 radical (unpaired) electrons. The Morgan fingerprint density at radius 3 is 2.19 bits per heavy atom. The monoisotopic (exact) mass is 498 g/mol. The first-order chi connectivity index (χ1) is 17.5. The number of ether oxygens (including phenoxy) is 1. The van der Waals surface area contributed by atoms with Crippen molar-refractivity contribution in [3.8, 4) is 0 Å². The molecule has 5 rings (SSSR count). The van der Waals surface area contributed by atoms with E-state index in [0.29, 0.717) is 32.5 Å². The fourth-order valence-electron chi connectivity index (χ4n) is 3.98. The van der Waals surface area contributed by atoms with E-state index in [4.69, 9.17) is 4.74 Å². The third kappa shape index (κ3) is 4.73. The number of aromatic nitrogens is 3. The van der Waals surface area contributed by atoms with Crippen LogP contribution < -0.4 is 10.7 Å². The van der Waals surface area contributed by atoms with Crippen molar-refractivity contribution in [1.82, 2.24) is 14.8 Å². The highest BCUT2D eigenvalue weighted by atomic mass is 32.1. The number of para-hydroxylation sites is 2. The molecule has 5 aromatic rings. The van der Waals surface area contributed by atoms with E-state index in [-0.39, 0.29) is 29.5 Å². The Morgan fingerprint density at radius 1 is 0.917 bits per heavy atom. The Balaban J connectivity index is 1.27. The average Bonchev–Trinajstić information content (AvgIpc) is 3.40. The number of hydrogen-bond acceptors (Lipinski definition) is 7. The number of hydrogen-bond donors (Lipinski definition) is 1. The lowest BCUT2D eigenvalue weighted by Crippen LogP contribution is -2.18. The molecule has 0 spiro atoms. The van der Waals surface area contributed by atoms with Gasteiger partial charge in [0.2, 0.25) is 5.01 Å². The standard InChI is InChI=1S/C27H22N4O4S/c1-2-17-11-13-18(14-12-17)28-26(34)27-30-29-23(36-27)16-35-24(32)15-31-21-9-5-3-7-19(21)25(33)20-8-4-6-10-22(20)31/h3-14H,2,15-16H2,1H3,(H,28,34). The van der Waals surface area contributed by atoms with Gasteiger partial charge in [-0.1, -0.05) is 54.7 Å². The SMILES string of the molecule is CCc1ccc(NC(=O)c2nnc(COC(=O)Cn3c4ccccc4c(=O)c4ccccc43)s2)cc1. The van der Waals surface area contributed by atoms with Crippen molar-refractivity contribution >= 4 is 50.7 Å². The first-order valence-electron chi connectivity index (χ1n) is 11.4. The molecule has 36 heavy (non-hydrogen) atoms. The van der Waals surface area contributed by atoms with Crippen LogP contribution in [0.1, 0.15) is 27.3 Å². The van der Waals surface area contributed by atoms with Crippen LogP contribution in [0.25, 0.3) is 21.8 Å². The predicted octanol–water partition coefficient (Wildman–Crippen LogP) is 4.56. The van der Waals surface area contributed by atoms with Crippen LogP contribution in [0, 0.1) is 0 Å². The highest BCUT2D eigenvalue weighted by Crippen LogP contribution is 2.20. The first-order valence-corrected chi connectivity index (χ1v) is 12.2. The second-order valence-electron chi connectivity index (χ2n) is 8.12. The van der Waals surface area contributed by atoms with Crippen molar-refractivity contribution in [2.75, 3.05) is 5.32 Å². The lowest BCUT2D eigenvalue weighted by molar-refractivity contribution is -0.145. The third-order valence-electron chi connectivity index (χ3n) is 5.80. The molecule has 0 unspecified atom stereocenters. The van der Waals surface area contributed by atoms with Crippen LogP contribution >= 0.6 is 11.3 Å². The van der Waals surface area contributed by atoms with Gasteiger partial charge in [0, 0.05) is 16.5 Å². The summed E-state index contributed by atoms with van der Waals surface area (Å²) in [6.07, 6.45) is 0.918. The molecule has 8 nitrogen and oxygen atoms in total. The molecule has 9 heteroatoms. The fraction of sp³-hybridized carbons (Fsp3) is 0.148. The number of pyridine rings is 1. The molecule has 180 valence electrons. The Labute approximate surface area is 210 Å². The quantitative estimate of drug-likeness (QED) is 0.261. The van der Waals surface area contributed by atoms with Crippen LogP contribution in [0.2, 0.25) is 0 Å². The van der Waals surface area contributed by atoms with Crippen LogP contribution in [0.4, 0.5) is 5.69 Å². The molecule has 0 saturated heterocycles. The summed E-state index contributed by atoms with van der Waals surface area (Å²) in [5.74, 6) is -0.869. The summed E-state index contributed by atoms with van der Waals surface area (Å²) < 4.78 is 7.21. The molecule has 0 aliphatic rings. The Hall–Kier alpha value is -4.37. The molecule has 0 atom stereocenters. The largest absolute Gasteiger partial charge is 0.457 e. The molecule has 0 aliphatic carbocycles. The first kappa shape index (κ1) is 23.4. The molecule has 0 aliphatic heterocycles. The molecular weight excluding hydrogens is 476 g/mol. The van der Waals surface area contributed by atoms with E-state index >= 15 is 0 Å². The topological polar surface area (TPSA) is 103 Å². The van der Waals surface area contributed by atoms with Crippen LogP contribution in [0.15, 0.2) is 77.6 Å². The number of aryl methyl sites for hydroxylation is 1. The minimum absolute atomic E-state index is 0.0770. The number of anilines is 1. The van der Waals surface area contributed by atoms with Gasteiger partial charge >= 0.3 is 5.97 Å². The molecular formula is C27H22N4O4S. The van der Waals surface area contributed by atoms with Crippen molar-refractivity contribution < 1.29 is 14.3 Å². The maximum absolute atomic E-state index is 12.9. The number of rotatable bonds is 7. The Bertz CT molecular complexity index is 1580. The van der Waals surface area contributed by atoms with E-state index < -0.39 is 5.97 Å². The number of carbonyl (C=O) groups is 2. The number of esters is 1. The summed E-state index contributed by atoms with van der Waals surface area (Å²) in [6.45, 7) is 1.88. The van der Waals surface area contributed by atoms with Gasteiger partial charge in [-0.15, -0.1) is 10.2 Å². The molecule has 0 bridgehead atoms. The van der Waals surface area contributed by atoms with E-state index in [1.54, 1.807) is 28.8 Å². The fourth-order valence-corrected chi connectivity index (χ4v) is 4.62. The zero-order valence-electron chi connectivity index (χ0n) is 19.4. The van der Waals surface area contributed by atoms with Crippen molar-refractivity contribution in [3.63, 3.8) is 0 Å². The van der Waals surface area contributed by atoms with E-state index in [1.165, 1.54) is 5.56 Å². The van der Waals surface area contributed by atoms with Gasteiger partial charge in [-0.05, 0) is 48.4 Å². The summed E-state index contributed by atoms with van der Waals surface area (Å²) in [7, 11) is 0. The van der Waals surface area contributed by atoms with Gasteiger partial charge in [0.15, 0.2) is 10.4 Å². The van der Waals surface area contributed by atoms with Crippen molar-refractivity contribution in [2.24, 2.45) is 0 Å². The number of benzene rings is 3. The maximum Gasteiger partial charge on any atom is 0.326 e. The van der Waals surface area contributed by atoms with Gasteiger partial charge in [-0.3, -0.25) is 14.4 Å². The minimum atomic E-state index is -0.494. The number of fused-ring (bicyclic) bond motifs is 2. The molecule has 1 N–H and O–H groups in total. The number of carbonyl (C=O) groups excluding carboxylic acids is 2. The molecule has 1 amide bonds.